The van der Waals surface area contributed by atoms with Gasteiger partial charge in [0.15, 0.2) is 0 Å². The Morgan fingerprint density at radius 2 is 1.90 bits per heavy atom. The fourth-order valence-electron chi connectivity index (χ4n) is 4.02. The summed E-state index contributed by atoms with van der Waals surface area (Å²) in [7, 11) is 0. The summed E-state index contributed by atoms with van der Waals surface area (Å²) in [5.41, 5.74) is 1.08. The normalized spacial score (nSPS) is 17.9. The third-order valence-corrected chi connectivity index (χ3v) is 5.83. The molecular weight excluding hydrogens is 392 g/mol. The van der Waals surface area contributed by atoms with Crippen molar-refractivity contribution in [1.29, 1.82) is 0 Å². The number of fused-ring (bicyclic) bond motifs is 1. The monoisotopic (exact) mass is 415 g/mol. The number of hydrogen-bond acceptors (Lipinski definition) is 6. The summed E-state index contributed by atoms with van der Waals surface area (Å²) in [5, 5.41) is 8.72. The highest BCUT2D eigenvalue weighted by atomic mass is 19.3. The Morgan fingerprint density at radius 3 is 2.63 bits per heavy atom. The van der Waals surface area contributed by atoms with Crippen LogP contribution in [0.25, 0.3) is 10.9 Å². The zero-order valence-electron chi connectivity index (χ0n) is 16.5. The van der Waals surface area contributed by atoms with Crippen LogP contribution >= 0.6 is 0 Å². The summed E-state index contributed by atoms with van der Waals surface area (Å²) in [5.74, 6) is 1.03. The van der Waals surface area contributed by atoms with Crippen molar-refractivity contribution >= 4 is 16.6 Å². The molecule has 0 radical (unpaired) electrons. The Hall–Kier alpha value is -2.88. The quantitative estimate of drug-likeness (QED) is 0.613. The van der Waals surface area contributed by atoms with E-state index in [4.69, 9.17) is 0 Å². The Balaban J connectivity index is 1.26. The van der Waals surface area contributed by atoms with Gasteiger partial charge in [-0.15, -0.1) is 10.2 Å². The summed E-state index contributed by atoms with van der Waals surface area (Å²) >= 11 is 0. The number of hydrogen-bond donors (Lipinski definition) is 0. The Morgan fingerprint density at radius 1 is 1.10 bits per heavy atom. The zero-order valence-corrected chi connectivity index (χ0v) is 16.5. The summed E-state index contributed by atoms with van der Waals surface area (Å²) in [6, 6.07) is 6.00. The first kappa shape index (κ1) is 19.1. The lowest BCUT2D eigenvalue weighted by atomic mass is 10.2. The van der Waals surface area contributed by atoms with E-state index in [9.17, 15) is 13.6 Å². The number of nitrogens with zero attached hydrogens (tertiary/aromatic N) is 7. The van der Waals surface area contributed by atoms with Crippen molar-refractivity contribution in [2.45, 2.75) is 38.4 Å². The van der Waals surface area contributed by atoms with Crippen molar-refractivity contribution in [1.82, 2.24) is 29.2 Å². The van der Waals surface area contributed by atoms with E-state index >= 15 is 0 Å². The van der Waals surface area contributed by atoms with E-state index in [0.717, 1.165) is 48.8 Å². The molecule has 2 aromatic heterocycles. The predicted molar refractivity (Wildman–Crippen MR) is 108 cm³/mol. The van der Waals surface area contributed by atoms with Gasteiger partial charge >= 0.3 is 0 Å². The topological polar surface area (TPSA) is 72.1 Å². The number of piperazine rings is 1. The fraction of sp³-hybridized carbons (Fsp3) is 0.500. The molecule has 0 amide bonds. The van der Waals surface area contributed by atoms with Gasteiger partial charge in [0.05, 0.1) is 30.3 Å². The average molecular weight is 415 g/mol. The van der Waals surface area contributed by atoms with Crippen LogP contribution in [0.4, 0.5) is 14.5 Å². The standard InChI is InChI=1S/C20H23F2N7O/c21-18(22)10-28-12-23-17-9-15(3-4-16(17)20(28)30)27-7-5-26(6-8-27)11-19-25-24-13-29(19)14-1-2-14/h3-4,9,12-14,18H,1-2,5-8,10-11H2. The van der Waals surface area contributed by atoms with Crippen molar-refractivity contribution in [3.8, 4) is 0 Å². The zero-order chi connectivity index (χ0) is 20.7. The number of halogens is 2. The van der Waals surface area contributed by atoms with Crippen LogP contribution in [0.3, 0.4) is 0 Å². The number of rotatable bonds is 6. The van der Waals surface area contributed by atoms with E-state index in [1.54, 1.807) is 6.07 Å². The second-order valence-electron chi connectivity index (χ2n) is 7.94. The Bertz CT molecular complexity index is 1100. The van der Waals surface area contributed by atoms with Crippen molar-refractivity contribution in [2.75, 3.05) is 31.1 Å². The molecule has 3 aromatic rings. The van der Waals surface area contributed by atoms with Gasteiger partial charge in [-0.05, 0) is 31.0 Å². The van der Waals surface area contributed by atoms with Crippen LogP contribution in [0.15, 0.2) is 35.6 Å². The SMILES string of the molecule is O=c1c2ccc(N3CCN(Cc4nncn4C4CC4)CC3)cc2ncn1CC(F)F. The number of anilines is 1. The van der Waals surface area contributed by atoms with Gasteiger partial charge in [0.1, 0.15) is 12.2 Å². The van der Waals surface area contributed by atoms with Crippen LogP contribution in [-0.2, 0) is 13.1 Å². The molecule has 0 spiro atoms. The van der Waals surface area contributed by atoms with Crippen molar-refractivity contribution in [3.05, 3.63) is 47.0 Å². The van der Waals surface area contributed by atoms with Crippen LogP contribution in [0.5, 0.6) is 0 Å². The third-order valence-electron chi connectivity index (χ3n) is 5.83. The van der Waals surface area contributed by atoms with Crippen LogP contribution in [-0.4, -0.2) is 61.8 Å². The molecule has 0 atom stereocenters. The summed E-state index contributed by atoms with van der Waals surface area (Å²) in [6.07, 6.45) is 2.87. The molecule has 30 heavy (non-hydrogen) atoms. The van der Waals surface area contributed by atoms with Crippen molar-refractivity contribution < 1.29 is 8.78 Å². The first-order chi connectivity index (χ1) is 14.6. The predicted octanol–water partition coefficient (Wildman–Crippen LogP) is 1.91. The maximum Gasteiger partial charge on any atom is 0.261 e. The fourth-order valence-corrected chi connectivity index (χ4v) is 4.02. The minimum Gasteiger partial charge on any atom is -0.369 e. The largest absolute Gasteiger partial charge is 0.369 e. The van der Waals surface area contributed by atoms with Gasteiger partial charge in [0.25, 0.3) is 12.0 Å². The van der Waals surface area contributed by atoms with Gasteiger partial charge < -0.3 is 9.47 Å². The van der Waals surface area contributed by atoms with Crippen LogP contribution in [0.2, 0.25) is 0 Å². The van der Waals surface area contributed by atoms with E-state index in [-0.39, 0.29) is 0 Å². The maximum absolute atomic E-state index is 12.6. The van der Waals surface area contributed by atoms with Crippen molar-refractivity contribution in [3.63, 3.8) is 0 Å². The number of alkyl halides is 2. The van der Waals surface area contributed by atoms with Gasteiger partial charge in [-0.1, -0.05) is 0 Å². The van der Waals surface area contributed by atoms with E-state index in [1.807, 2.05) is 18.5 Å². The molecule has 0 N–H and O–H groups in total. The molecule has 3 heterocycles. The molecule has 0 bridgehead atoms. The summed E-state index contributed by atoms with van der Waals surface area (Å²) in [6.45, 7) is 3.67. The average Bonchev–Trinajstić information content (AvgIpc) is 3.49. The van der Waals surface area contributed by atoms with E-state index < -0.39 is 18.5 Å². The molecule has 1 aromatic carbocycles. The van der Waals surface area contributed by atoms with Crippen LogP contribution in [0.1, 0.15) is 24.7 Å². The summed E-state index contributed by atoms with van der Waals surface area (Å²) < 4.78 is 28.4. The number of benzene rings is 1. The minimum absolute atomic E-state index is 0.361. The van der Waals surface area contributed by atoms with Crippen LogP contribution in [0, 0.1) is 0 Å². The lowest BCUT2D eigenvalue weighted by Gasteiger charge is -2.36. The molecule has 8 nitrogen and oxygen atoms in total. The van der Waals surface area contributed by atoms with E-state index in [1.165, 1.54) is 19.2 Å². The highest BCUT2D eigenvalue weighted by molar-refractivity contribution is 5.81. The summed E-state index contributed by atoms with van der Waals surface area (Å²) in [4.78, 5) is 21.2. The molecule has 1 aliphatic carbocycles. The van der Waals surface area contributed by atoms with Gasteiger partial charge in [0.2, 0.25) is 0 Å². The molecular formula is C20H23F2N7O. The lowest BCUT2D eigenvalue weighted by Crippen LogP contribution is -2.46. The lowest BCUT2D eigenvalue weighted by molar-refractivity contribution is 0.125. The molecule has 158 valence electrons. The van der Waals surface area contributed by atoms with Crippen molar-refractivity contribution in [2.24, 2.45) is 0 Å². The van der Waals surface area contributed by atoms with Gasteiger partial charge in [-0.25, -0.2) is 13.8 Å². The molecule has 2 fully saturated rings. The molecule has 1 aliphatic heterocycles. The van der Waals surface area contributed by atoms with Gasteiger partial charge in [-0.2, -0.15) is 0 Å². The first-order valence-corrected chi connectivity index (χ1v) is 10.2. The Labute approximate surface area is 171 Å². The number of aromatic nitrogens is 5. The highest BCUT2D eigenvalue weighted by Gasteiger charge is 2.27. The minimum atomic E-state index is -2.59. The second-order valence-corrected chi connectivity index (χ2v) is 7.94. The molecule has 1 saturated heterocycles. The van der Waals surface area contributed by atoms with E-state index in [0.29, 0.717) is 16.9 Å². The molecule has 1 saturated carbocycles. The molecule has 2 aliphatic rings. The first-order valence-electron chi connectivity index (χ1n) is 10.2. The van der Waals surface area contributed by atoms with Gasteiger partial charge in [0, 0.05) is 37.9 Å². The van der Waals surface area contributed by atoms with Crippen LogP contribution < -0.4 is 10.5 Å². The highest BCUT2D eigenvalue weighted by Crippen LogP contribution is 2.35. The second kappa shape index (κ2) is 7.75. The van der Waals surface area contributed by atoms with Gasteiger partial charge in [-0.3, -0.25) is 14.3 Å². The molecule has 10 heteroatoms. The Kier molecular flexibility index (Phi) is 4.93. The maximum atomic E-state index is 12.6. The van der Waals surface area contributed by atoms with E-state index in [2.05, 4.69) is 29.5 Å². The molecule has 5 rings (SSSR count). The molecule has 0 unspecified atom stereocenters. The third kappa shape index (κ3) is 3.79. The smallest absolute Gasteiger partial charge is 0.261 e.